The molecule has 0 bridgehead atoms. The number of alkyl halides is 2. The first-order chi connectivity index (χ1) is 13.0. The van der Waals surface area contributed by atoms with Crippen LogP contribution in [0.25, 0.3) is 11.1 Å². The molecule has 0 aliphatic rings. The first kappa shape index (κ1) is 21.7. The molecule has 154 valence electrons. The van der Waals surface area contributed by atoms with Gasteiger partial charge in [0.25, 0.3) is 0 Å². The molecule has 2 aromatic rings. The number of amides is 1. The summed E-state index contributed by atoms with van der Waals surface area (Å²) in [6.45, 7) is 9.89. The minimum atomic E-state index is -3.69. The largest absolute Gasteiger partial charge is 0.444 e. The molecule has 0 aliphatic carbocycles. The average molecular weight is 396 g/mol. The van der Waals surface area contributed by atoms with E-state index in [4.69, 9.17) is 13.9 Å². The third-order valence-electron chi connectivity index (χ3n) is 3.65. The highest BCUT2D eigenvalue weighted by molar-refractivity contribution is 5.74. The van der Waals surface area contributed by atoms with Crippen LogP contribution in [0.15, 0.2) is 34.8 Å². The summed E-state index contributed by atoms with van der Waals surface area (Å²) in [6, 6.07) is 4.30. The Labute approximate surface area is 162 Å². The highest BCUT2D eigenvalue weighted by Crippen LogP contribution is 2.30. The van der Waals surface area contributed by atoms with Crippen LogP contribution in [0, 0.1) is 0 Å². The van der Waals surface area contributed by atoms with Gasteiger partial charge in [0.15, 0.2) is 11.5 Å². The standard InChI is InChI=1S/C20H26F2N2O4/c1-6-7-8-17-24-15-10-9-14(11-16(15)26-17)27-20(21,22)13(2)12-23-18(25)28-19(3,4)5/h9-11H,2,6-8,12H2,1,3-5H3,(H,23,25). The number of oxazole rings is 1. The predicted molar refractivity (Wildman–Crippen MR) is 102 cm³/mol. The van der Waals surface area contributed by atoms with Gasteiger partial charge in [-0.05, 0) is 39.3 Å². The fourth-order valence-corrected chi connectivity index (χ4v) is 2.27. The van der Waals surface area contributed by atoms with Crippen LogP contribution in [0.2, 0.25) is 0 Å². The summed E-state index contributed by atoms with van der Waals surface area (Å²) in [6.07, 6.45) is -1.89. The Morgan fingerprint density at radius 2 is 2.04 bits per heavy atom. The fourth-order valence-electron chi connectivity index (χ4n) is 2.27. The minimum absolute atomic E-state index is 0.0888. The fraction of sp³-hybridized carbons (Fsp3) is 0.500. The summed E-state index contributed by atoms with van der Waals surface area (Å²) in [5.74, 6) is 0.473. The van der Waals surface area contributed by atoms with E-state index in [0.29, 0.717) is 23.4 Å². The number of unbranched alkanes of at least 4 members (excludes halogenated alkanes) is 1. The molecule has 1 amide bonds. The van der Waals surface area contributed by atoms with Crippen LogP contribution in [0.1, 0.15) is 46.4 Å². The Morgan fingerprint density at radius 3 is 2.68 bits per heavy atom. The van der Waals surface area contributed by atoms with Gasteiger partial charge in [0.05, 0.1) is 12.1 Å². The van der Waals surface area contributed by atoms with Crippen LogP contribution in [0.3, 0.4) is 0 Å². The number of carbonyl (C=O) groups excluding carboxylic acids is 1. The van der Waals surface area contributed by atoms with Crippen molar-refractivity contribution in [1.82, 2.24) is 10.3 Å². The lowest BCUT2D eigenvalue weighted by atomic mass is 10.2. The number of nitrogens with one attached hydrogen (secondary N) is 1. The number of nitrogens with zero attached hydrogens (tertiary/aromatic N) is 1. The molecule has 1 aromatic heterocycles. The molecule has 1 aromatic carbocycles. The van der Waals surface area contributed by atoms with Crippen LogP contribution in [0.5, 0.6) is 5.75 Å². The summed E-state index contributed by atoms with van der Waals surface area (Å²) >= 11 is 0. The van der Waals surface area contributed by atoms with Crippen LogP contribution >= 0.6 is 0 Å². The predicted octanol–water partition coefficient (Wildman–Crippen LogP) is 5.22. The molecule has 0 radical (unpaired) electrons. The van der Waals surface area contributed by atoms with Crippen molar-refractivity contribution in [2.75, 3.05) is 6.54 Å². The SMILES string of the molecule is C=C(CNC(=O)OC(C)(C)C)C(F)(F)Oc1ccc2nc(CCCC)oc2c1. The maximum atomic E-state index is 14.3. The molecule has 0 spiro atoms. The van der Waals surface area contributed by atoms with E-state index in [9.17, 15) is 13.6 Å². The molecule has 0 saturated carbocycles. The van der Waals surface area contributed by atoms with Crippen molar-refractivity contribution in [2.24, 2.45) is 0 Å². The van der Waals surface area contributed by atoms with Crippen molar-refractivity contribution in [3.63, 3.8) is 0 Å². The van der Waals surface area contributed by atoms with Crippen LogP contribution < -0.4 is 10.1 Å². The van der Waals surface area contributed by atoms with Gasteiger partial charge in [0.2, 0.25) is 0 Å². The van der Waals surface area contributed by atoms with Crippen LogP contribution in [0.4, 0.5) is 13.6 Å². The number of aryl methyl sites for hydroxylation is 1. The summed E-state index contributed by atoms with van der Waals surface area (Å²) < 4.78 is 44.0. The van der Waals surface area contributed by atoms with Gasteiger partial charge in [-0.3, -0.25) is 0 Å². The number of fused-ring (bicyclic) bond motifs is 1. The molecule has 8 heteroatoms. The van der Waals surface area contributed by atoms with Crippen molar-refractivity contribution >= 4 is 17.2 Å². The van der Waals surface area contributed by atoms with E-state index in [0.717, 1.165) is 12.8 Å². The second-order valence-electron chi connectivity index (χ2n) is 7.42. The Morgan fingerprint density at radius 1 is 1.32 bits per heavy atom. The number of aromatic nitrogens is 1. The number of ether oxygens (including phenoxy) is 2. The molecule has 0 saturated heterocycles. The Hall–Kier alpha value is -2.64. The zero-order valence-corrected chi connectivity index (χ0v) is 16.6. The molecule has 0 unspecified atom stereocenters. The number of alkyl carbamates (subject to hydrolysis) is 1. The van der Waals surface area contributed by atoms with Gasteiger partial charge in [-0.2, -0.15) is 8.78 Å². The summed E-state index contributed by atoms with van der Waals surface area (Å²) in [5.41, 5.74) is -0.392. The summed E-state index contributed by atoms with van der Waals surface area (Å²) in [5, 5.41) is 2.23. The topological polar surface area (TPSA) is 73.6 Å². The van der Waals surface area contributed by atoms with Crippen molar-refractivity contribution in [1.29, 1.82) is 0 Å². The van der Waals surface area contributed by atoms with Gasteiger partial charge < -0.3 is 19.2 Å². The van der Waals surface area contributed by atoms with E-state index in [2.05, 4.69) is 23.8 Å². The third kappa shape index (κ3) is 6.21. The lowest BCUT2D eigenvalue weighted by Crippen LogP contribution is -2.38. The Kier molecular flexibility index (Phi) is 6.64. The highest BCUT2D eigenvalue weighted by Gasteiger charge is 2.36. The van der Waals surface area contributed by atoms with Crippen molar-refractivity contribution < 1.29 is 27.5 Å². The number of rotatable bonds is 8. The van der Waals surface area contributed by atoms with Gasteiger partial charge in [-0.25, -0.2) is 9.78 Å². The summed E-state index contributed by atoms with van der Waals surface area (Å²) in [7, 11) is 0. The molecule has 2 rings (SSSR count). The number of benzene rings is 1. The Bertz CT molecular complexity index is 840. The number of carbonyl (C=O) groups is 1. The van der Waals surface area contributed by atoms with Gasteiger partial charge in [0.1, 0.15) is 16.9 Å². The second-order valence-corrected chi connectivity index (χ2v) is 7.42. The van der Waals surface area contributed by atoms with Crippen molar-refractivity contribution in [2.45, 2.75) is 58.7 Å². The van der Waals surface area contributed by atoms with E-state index in [1.54, 1.807) is 26.8 Å². The van der Waals surface area contributed by atoms with E-state index >= 15 is 0 Å². The van der Waals surface area contributed by atoms with E-state index in [1.807, 2.05) is 0 Å². The molecular weight excluding hydrogens is 370 g/mol. The average Bonchev–Trinajstić information content (AvgIpc) is 2.97. The van der Waals surface area contributed by atoms with E-state index in [-0.39, 0.29) is 5.75 Å². The van der Waals surface area contributed by atoms with Gasteiger partial charge in [-0.15, -0.1) is 0 Å². The van der Waals surface area contributed by atoms with Gasteiger partial charge >= 0.3 is 12.2 Å². The molecule has 1 heterocycles. The lowest BCUT2D eigenvalue weighted by molar-refractivity contribution is -0.142. The van der Waals surface area contributed by atoms with E-state index < -0.39 is 29.9 Å². The van der Waals surface area contributed by atoms with E-state index in [1.165, 1.54) is 12.1 Å². The molecule has 28 heavy (non-hydrogen) atoms. The molecule has 0 aliphatic heterocycles. The summed E-state index contributed by atoms with van der Waals surface area (Å²) in [4.78, 5) is 15.9. The maximum Gasteiger partial charge on any atom is 0.424 e. The third-order valence-corrected chi connectivity index (χ3v) is 3.65. The smallest absolute Gasteiger partial charge is 0.424 e. The maximum absolute atomic E-state index is 14.3. The second kappa shape index (κ2) is 8.58. The molecule has 6 nitrogen and oxygen atoms in total. The quantitative estimate of drug-likeness (QED) is 0.619. The zero-order chi connectivity index (χ0) is 20.9. The zero-order valence-electron chi connectivity index (χ0n) is 16.6. The normalized spacial score (nSPS) is 12.1. The number of halogens is 2. The molecule has 0 atom stereocenters. The molecule has 0 fully saturated rings. The number of hydrogen-bond donors (Lipinski definition) is 1. The minimum Gasteiger partial charge on any atom is -0.444 e. The van der Waals surface area contributed by atoms with Crippen molar-refractivity contribution in [3.8, 4) is 5.75 Å². The molecular formula is C20H26F2N2O4. The first-order valence-corrected chi connectivity index (χ1v) is 9.11. The van der Waals surface area contributed by atoms with Gasteiger partial charge in [0, 0.05) is 12.5 Å². The van der Waals surface area contributed by atoms with Crippen molar-refractivity contribution in [3.05, 3.63) is 36.2 Å². The number of hydrogen-bond acceptors (Lipinski definition) is 5. The highest BCUT2D eigenvalue weighted by atomic mass is 19.3. The Balaban J connectivity index is 1.99. The van der Waals surface area contributed by atoms with Crippen LogP contribution in [-0.4, -0.2) is 29.3 Å². The van der Waals surface area contributed by atoms with Crippen LogP contribution in [-0.2, 0) is 11.2 Å². The monoisotopic (exact) mass is 396 g/mol. The lowest BCUT2D eigenvalue weighted by Gasteiger charge is -2.22. The first-order valence-electron chi connectivity index (χ1n) is 9.11. The van der Waals surface area contributed by atoms with Gasteiger partial charge in [-0.1, -0.05) is 19.9 Å². The molecule has 1 N–H and O–H groups in total.